The normalized spacial score (nSPS) is 14.1. The van der Waals surface area contributed by atoms with Gasteiger partial charge in [-0.05, 0) is 60.7 Å². The molecule has 0 aliphatic heterocycles. The Bertz CT molecular complexity index is 988. The van der Waals surface area contributed by atoms with E-state index in [0.29, 0.717) is 22.8 Å². The zero-order valence-electron chi connectivity index (χ0n) is 18.3. The minimum atomic E-state index is -0.829. The number of halogens is 3. The second kappa shape index (κ2) is 9.96. The summed E-state index contributed by atoms with van der Waals surface area (Å²) in [6.07, 6.45) is 2.82. The fraction of sp³-hybridized carbons (Fsp3) is 0.417. The van der Waals surface area contributed by atoms with Crippen LogP contribution in [0.2, 0.25) is 5.02 Å². The van der Waals surface area contributed by atoms with E-state index in [2.05, 4.69) is 5.32 Å². The molecule has 0 atom stereocenters. The minimum absolute atomic E-state index is 0.0282. The average molecular weight is 464 g/mol. The maximum absolute atomic E-state index is 13.7. The molecule has 2 aromatic carbocycles. The smallest absolute Gasteiger partial charge is 0.254 e. The van der Waals surface area contributed by atoms with Crippen LogP contribution in [0.3, 0.4) is 0 Å². The lowest BCUT2D eigenvalue weighted by Crippen LogP contribution is -2.41. The van der Waals surface area contributed by atoms with Gasteiger partial charge in [0.2, 0.25) is 5.91 Å². The molecule has 1 aliphatic carbocycles. The van der Waals surface area contributed by atoms with Gasteiger partial charge in [0.25, 0.3) is 5.91 Å². The van der Waals surface area contributed by atoms with Crippen LogP contribution < -0.4 is 11.1 Å². The number of nitrogens with two attached hydrogens (primary N) is 1. The summed E-state index contributed by atoms with van der Waals surface area (Å²) in [5.41, 5.74) is 6.52. The molecular formula is C24H28ClF2N3O2. The Morgan fingerprint density at radius 3 is 2.38 bits per heavy atom. The Morgan fingerprint density at radius 1 is 1.16 bits per heavy atom. The Labute approximate surface area is 191 Å². The molecule has 3 N–H and O–H groups in total. The largest absolute Gasteiger partial charge is 0.334 e. The summed E-state index contributed by atoms with van der Waals surface area (Å²) in [5, 5.41) is 3.32. The van der Waals surface area contributed by atoms with Crippen LogP contribution in [0.5, 0.6) is 0 Å². The number of hydrogen-bond acceptors (Lipinski definition) is 3. The summed E-state index contributed by atoms with van der Waals surface area (Å²) < 4.78 is 27.5. The van der Waals surface area contributed by atoms with Crippen molar-refractivity contribution in [2.24, 2.45) is 17.1 Å². The number of hydrogen-bond donors (Lipinski definition) is 2. The van der Waals surface area contributed by atoms with Crippen LogP contribution in [0.25, 0.3) is 0 Å². The first-order valence-electron chi connectivity index (χ1n) is 10.6. The number of amides is 2. The van der Waals surface area contributed by atoms with E-state index in [1.807, 2.05) is 13.8 Å². The second-order valence-corrected chi connectivity index (χ2v) is 9.52. The summed E-state index contributed by atoms with van der Waals surface area (Å²) in [4.78, 5) is 27.0. The lowest BCUT2D eigenvalue weighted by atomic mass is 9.85. The molecule has 5 nitrogen and oxygen atoms in total. The van der Waals surface area contributed by atoms with Crippen molar-refractivity contribution in [1.29, 1.82) is 0 Å². The fourth-order valence-electron chi connectivity index (χ4n) is 3.53. The predicted octanol–water partition coefficient (Wildman–Crippen LogP) is 4.98. The van der Waals surface area contributed by atoms with Crippen LogP contribution in [0.15, 0.2) is 36.4 Å². The number of carbonyl (C=O) groups is 2. The van der Waals surface area contributed by atoms with Crippen molar-refractivity contribution >= 4 is 29.1 Å². The summed E-state index contributed by atoms with van der Waals surface area (Å²) >= 11 is 6.39. The Kier molecular flexibility index (Phi) is 7.51. The van der Waals surface area contributed by atoms with Gasteiger partial charge in [-0.2, -0.15) is 0 Å². The first-order chi connectivity index (χ1) is 15.1. The Morgan fingerprint density at radius 2 is 1.81 bits per heavy atom. The van der Waals surface area contributed by atoms with Crippen LogP contribution in [0.4, 0.5) is 14.5 Å². The Balaban J connectivity index is 1.87. The molecule has 0 saturated heterocycles. The summed E-state index contributed by atoms with van der Waals surface area (Å²) in [6.45, 7) is 4.44. The second-order valence-electron chi connectivity index (χ2n) is 9.11. The van der Waals surface area contributed by atoms with Gasteiger partial charge < -0.3 is 16.0 Å². The number of benzene rings is 2. The number of nitrogens with one attached hydrogen (secondary N) is 1. The van der Waals surface area contributed by atoms with Crippen LogP contribution in [0.1, 0.15) is 49.0 Å². The van der Waals surface area contributed by atoms with Gasteiger partial charge in [-0.3, -0.25) is 9.59 Å². The number of carbonyl (C=O) groups excluding carboxylic acids is 2. The number of nitrogens with zero attached hydrogens (tertiary/aromatic N) is 1. The maximum atomic E-state index is 13.7. The zero-order valence-corrected chi connectivity index (χ0v) is 19.0. The topological polar surface area (TPSA) is 75.4 Å². The van der Waals surface area contributed by atoms with E-state index in [1.165, 1.54) is 4.90 Å². The fourth-order valence-corrected chi connectivity index (χ4v) is 3.71. The molecule has 0 spiro atoms. The van der Waals surface area contributed by atoms with Gasteiger partial charge >= 0.3 is 0 Å². The quantitative estimate of drug-likeness (QED) is 0.579. The molecule has 0 radical (unpaired) electrons. The van der Waals surface area contributed by atoms with Crippen molar-refractivity contribution in [2.75, 3.05) is 18.4 Å². The van der Waals surface area contributed by atoms with Crippen molar-refractivity contribution in [3.63, 3.8) is 0 Å². The molecule has 8 heteroatoms. The van der Waals surface area contributed by atoms with Crippen LogP contribution in [-0.4, -0.2) is 29.8 Å². The molecule has 0 aromatic heterocycles. The van der Waals surface area contributed by atoms with E-state index in [9.17, 15) is 18.4 Å². The number of anilines is 1. The minimum Gasteiger partial charge on any atom is -0.334 e. The summed E-state index contributed by atoms with van der Waals surface area (Å²) in [7, 11) is 0. The first-order valence-corrected chi connectivity index (χ1v) is 11.0. The van der Waals surface area contributed by atoms with Gasteiger partial charge in [-0.15, -0.1) is 0 Å². The van der Waals surface area contributed by atoms with E-state index in [0.717, 1.165) is 37.5 Å². The van der Waals surface area contributed by atoms with E-state index < -0.39 is 23.0 Å². The molecule has 32 heavy (non-hydrogen) atoms. The molecule has 1 aliphatic rings. The highest BCUT2D eigenvalue weighted by Gasteiger charge is 2.27. The zero-order chi connectivity index (χ0) is 23.5. The van der Waals surface area contributed by atoms with Gasteiger partial charge in [-0.1, -0.05) is 31.9 Å². The van der Waals surface area contributed by atoms with Crippen LogP contribution in [-0.2, 0) is 11.3 Å². The molecule has 1 saturated carbocycles. The summed E-state index contributed by atoms with van der Waals surface area (Å²) in [6, 6.07) is 7.82. The molecule has 3 rings (SSSR count). The SMILES string of the molecule is CC(C)(CN)CN(Cc1cc(NC(=O)C2CCC2)ccc1Cl)C(=O)c1cc(F)cc(F)c1. The van der Waals surface area contributed by atoms with E-state index >= 15 is 0 Å². The van der Waals surface area contributed by atoms with E-state index in [1.54, 1.807) is 18.2 Å². The highest BCUT2D eigenvalue weighted by Crippen LogP contribution is 2.29. The third kappa shape index (κ3) is 6.04. The van der Waals surface area contributed by atoms with Crippen LogP contribution in [0, 0.1) is 23.0 Å². The molecule has 0 unspecified atom stereocenters. The van der Waals surface area contributed by atoms with E-state index in [-0.39, 0.29) is 30.5 Å². The monoisotopic (exact) mass is 463 g/mol. The highest BCUT2D eigenvalue weighted by molar-refractivity contribution is 6.31. The molecule has 172 valence electrons. The van der Waals surface area contributed by atoms with E-state index in [4.69, 9.17) is 17.3 Å². The highest BCUT2D eigenvalue weighted by atomic mass is 35.5. The molecule has 2 amide bonds. The third-order valence-electron chi connectivity index (χ3n) is 5.72. The molecule has 2 aromatic rings. The lowest BCUT2D eigenvalue weighted by Gasteiger charge is -2.32. The van der Waals surface area contributed by atoms with Crippen molar-refractivity contribution in [3.8, 4) is 0 Å². The third-order valence-corrected chi connectivity index (χ3v) is 6.09. The Hall–Kier alpha value is -2.51. The van der Waals surface area contributed by atoms with Crippen molar-refractivity contribution in [1.82, 2.24) is 4.90 Å². The number of rotatable bonds is 8. The van der Waals surface area contributed by atoms with Crippen molar-refractivity contribution in [2.45, 2.75) is 39.7 Å². The van der Waals surface area contributed by atoms with Crippen molar-refractivity contribution < 1.29 is 18.4 Å². The average Bonchev–Trinajstić information content (AvgIpc) is 2.67. The van der Waals surface area contributed by atoms with Crippen molar-refractivity contribution in [3.05, 3.63) is 64.2 Å². The molecular weight excluding hydrogens is 436 g/mol. The van der Waals surface area contributed by atoms with Gasteiger partial charge in [0.05, 0.1) is 0 Å². The first kappa shape index (κ1) is 24.1. The predicted molar refractivity (Wildman–Crippen MR) is 121 cm³/mol. The van der Waals surface area contributed by atoms with Crippen LogP contribution >= 0.6 is 11.6 Å². The molecule has 0 heterocycles. The standard InChI is InChI=1S/C24H28ClF2N3O2/c1-24(2,13-28)14-30(23(32)16-8-18(26)11-19(27)9-16)12-17-10-20(6-7-21(17)25)29-22(31)15-4-3-5-15/h6-11,15H,3-5,12-14,28H2,1-2H3,(H,29,31). The lowest BCUT2D eigenvalue weighted by molar-refractivity contribution is -0.122. The van der Waals surface area contributed by atoms with Gasteiger partial charge in [0, 0.05) is 41.3 Å². The summed E-state index contributed by atoms with van der Waals surface area (Å²) in [5.74, 6) is -2.20. The molecule has 0 bridgehead atoms. The molecule has 1 fully saturated rings. The van der Waals surface area contributed by atoms with Gasteiger partial charge in [0.1, 0.15) is 11.6 Å². The van der Waals surface area contributed by atoms with Gasteiger partial charge in [-0.25, -0.2) is 8.78 Å². The van der Waals surface area contributed by atoms with Gasteiger partial charge in [0.15, 0.2) is 0 Å². The maximum Gasteiger partial charge on any atom is 0.254 e.